The zero-order valence-corrected chi connectivity index (χ0v) is 13.4. The van der Waals surface area contributed by atoms with E-state index < -0.39 is 0 Å². The average Bonchev–Trinajstić information content (AvgIpc) is 2.59. The van der Waals surface area contributed by atoms with E-state index in [0.29, 0.717) is 0 Å². The zero-order chi connectivity index (χ0) is 13.7. The van der Waals surface area contributed by atoms with Crippen molar-refractivity contribution in [2.24, 2.45) is 0 Å². The standard InChI is InChI=1S/C15H27N3S/c1-4-16-11-15-10-14(13(2)19-15)12-18-7-5-6-17(3)8-9-18/h10,16H,4-9,11-12H2,1-3H3. The van der Waals surface area contributed by atoms with Gasteiger partial charge in [0.1, 0.15) is 0 Å². The van der Waals surface area contributed by atoms with Gasteiger partial charge in [0.2, 0.25) is 0 Å². The van der Waals surface area contributed by atoms with Gasteiger partial charge in [-0.3, -0.25) is 4.90 Å². The molecule has 0 bridgehead atoms. The Balaban J connectivity index is 1.92. The molecule has 19 heavy (non-hydrogen) atoms. The normalized spacial score (nSPS) is 18.7. The molecular formula is C15H27N3S. The molecule has 0 aromatic carbocycles. The lowest BCUT2D eigenvalue weighted by Gasteiger charge is -2.19. The summed E-state index contributed by atoms with van der Waals surface area (Å²) in [5.41, 5.74) is 1.53. The van der Waals surface area contributed by atoms with Gasteiger partial charge in [-0.1, -0.05) is 6.92 Å². The lowest BCUT2D eigenvalue weighted by atomic mass is 10.2. The van der Waals surface area contributed by atoms with Crippen LogP contribution in [-0.2, 0) is 13.1 Å². The first-order chi connectivity index (χ1) is 9.19. The van der Waals surface area contributed by atoms with E-state index in [1.807, 2.05) is 11.3 Å². The second-order valence-electron chi connectivity index (χ2n) is 5.51. The maximum absolute atomic E-state index is 3.41. The van der Waals surface area contributed by atoms with Gasteiger partial charge in [-0.25, -0.2) is 0 Å². The van der Waals surface area contributed by atoms with E-state index in [9.17, 15) is 0 Å². The summed E-state index contributed by atoms with van der Waals surface area (Å²) in [6, 6.07) is 2.40. The van der Waals surface area contributed by atoms with E-state index in [1.165, 1.54) is 47.9 Å². The molecule has 1 aliphatic rings. The summed E-state index contributed by atoms with van der Waals surface area (Å²) in [4.78, 5) is 8.01. The lowest BCUT2D eigenvalue weighted by molar-refractivity contribution is 0.269. The number of nitrogens with zero attached hydrogens (tertiary/aromatic N) is 2. The molecular weight excluding hydrogens is 254 g/mol. The number of rotatable bonds is 5. The molecule has 0 atom stereocenters. The predicted molar refractivity (Wildman–Crippen MR) is 83.8 cm³/mol. The Bertz CT molecular complexity index is 389. The van der Waals surface area contributed by atoms with Crippen molar-refractivity contribution in [1.29, 1.82) is 0 Å². The molecule has 0 aliphatic carbocycles. The molecule has 1 saturated heterocycles. The van der Waals surface area contributed by atoms with Crippen LogP contribution in [0.4, 0.5) is 0 Å². The predicted octanol–water partition coefficient (Wildman–Crippen LogP) is 2.30. The molecule has 0 unspecified atom stereocenters. The molecule has 0 radical (unpaired) electrons. The highest BCUT2D eigenvalue weighted by atomic mass is 32.1. The molecule has 2 rings (SSSR count). The van der Waals surface area contributed by atoms with Crippen molar-refractivity contribution >= 4 is 11.3 Å². The average molecular weight is 281 g/mol. The minimum absolute atomic E-state index is 1.02. The van der Waals surface area contributed by atoms with Gasteiger partial charge in [-0.05, 0) is 51.7 Å². The second kappa shape index (κ2) is 7.39. The molecule has 0 amide bonds. The Kier molecular flexibility index (Phi) is 5.82. The van der Waals surface area contributed by atoms with E-state index in [2.05, 4.69) is 42.1 Å². The van der Waals surface area contributed by atoms with Gasteiger partial charge in [-0.2, -0.15) is 0 Å². The maximum atomic E-state index is 3.41. The van der Waals surface area contributed by atoms with Gasteiger partial charge < -0.3 is 10.2 Å². The van der Waals surface area contributed by atoms with Crippen molar-refractivity contribution in [1.82, 2.24) is 15.1 Å². The number of nitrogens with one attached hydrogen (secondary N) is 1. The largest absolute Gasteiger partial charge is 0.312 e. The molecule has 0 saturated carbocycles. The van der Waals surface area contributed by atoms with Crippen LogP contribution < -0.4 is 5.32 Å². The summed E-state index contributed by atoms with van der Waals surface area (Å²) in [6.45, 7) is 12.5. The molecule has 0 spiro atoms. The molecule has 1 aromatic heterocycles. The molecule has 1 fully saturated rings. The Hall–Kier alpha value is -0.420. The first kappa shape index (κ1) is 15.0. The fraction of sp³-hybridized carbons (Fsp3) is 0.733. The van der Waals surface area contributed by atoms with Crippen LogP contribution in [0.5, 0.6) is 0 Å². The molecule has 1 aromatic rings. The summed E-state index contributed by atoms with van der Waals surface area (Å²) in [6.07, 6.45) is 1.30. The summed E-state index contributed by atoms with van der Waals surface area (Å²) in [5, 5.41) is 3.41. The second-order valence-corrected chi connectivity index (χ2v) is 6.85. The van der Waals surface area contributed by atoms with Crippen molar-refractivity contribution < 1.29 is 0 Å². The van der Waals surface area contributed by atoms with Gasteiger partial charge in [0, 0.05) is 35.9 Å². The monoisotopic (exact) mass is 281 g/mol. The molecule has 108 valence electrons. The van der Waals surface area contributed by atoms with Crippen LogP contribution in [0.2, 0.25) is 0 Å². The third kappa shape index (κ3) is 4.56. The van der Waals surface area contributed by atoms with Crippen molar-refractivity contribution in [2.45, 2.75) is 33.4 Å². The van der Waals surface area contributed by atoms with Crippen LogP contribution in [0.15, 0.2) is 6.07 Å². The van der Waals surface area contributed by atoms with Gasteiger partial charge >= 0.3 is 0 Å². The highest BCUT2D eigenvalue weighted by Crippen LogP contribution is 2.23. The van der Waals surface area contributed by atoms with Crippen LogP contribution in [0.1, 0.15) is 28.7 Å². The van der Waals surface area contributed by atoms with Gasteiger partial charge in [0.25, 0.3) is 0 Å². The van der Waals surface area contributed by atoms with Gasteiger partial charge in [-0.15, -0.1) is 11.3 Å². The molecule has 1 aliphatic heterocycles. The van der Waals surface area contributed by atoms with E-state index in [1.54, 1.807) is 0 Å². The minimum atomic E-state index is 1.02. The fourth-order valence-electron chi connectivity index (χ4n) is 2.58. The summed E-state index contributed by atoms with van der Waals surface area (Å²) in [5.74, 6) is 0. The van der Waals surface area contributed by atoms with Crippen LogP contribution >= 0.6 is 11.3 Å². The van der Waals surface area contributed by atoms with Crippen LogP contribution in [0.3, 0.4) is 0 Å². The molecule has 3 nitrogen and oxygen atoms in total. The topological polar surface area (TPSA) is 18.5 Å². The SMILES string of the molecule is CCNCc1cc(CN2CCCN(C)CC2)c(C)s1. The van der Waals surface area contributed by atoms with Crippen molar-refractivity contribution in [3.05, 3.63) is 21.4 Å². The number of aryl methyl sites for hydroxylation is 1. The summed E-state index contributed by atoms with van der Waals surface area (Å²) < 4.78 is 0. The quantitative estimate of drug-likeness (QED) is 0.893. The first-order valence-electron chi connectivity index (χ1n) is 7.39. The van der Waals surface area contributed by atoms with Crippen LogP contribution in [0, 0.1) is 6.92 Å². The fourth-order valence-corrected chi connectivity index (χ4v) is 3.60. The van der Waals surface area contributed by atoms with E-state index in [-0.39, 0.29) is 0 Å². The lowest BCUT2D eigenvalue weighted by Crippen LogP contribution is -2.28. The third-order valence-corrected chi connectivity index (χ3v) is 4.92. The van der Waals surface area contributed by atoms with Crippen LogP contribution in [-0.4, -0.2) is 49.6 Å². The Morgan fingerprint density at radius 2 is 2.11 bits per heavy atom. The van der Waals surface area contributed by atoms with Gasteiger partial charge in [0.15, 0.2) is 0 Å². The van der Waals surface area contributed by atoms with E-state index in [4.69, 9.17) is 0 Å². The number of likely N-dealkylation sites (N-methyl/N-ethyl adjacent to an activating group) is 1. The zero-order valence-electron chi connectivity index (χ0n) is 12.5. The first-order valence-corrected chi connectivity index (χ1v) is 8.20. The number of hydrogen-bond donors (Lipinski definition) is 1. The van der Waals surface area contributed by atoms with Gasteiger partial charge in [0.05, 0.1) is 0 Å². The number of thiophene rings is 1. The minimum Gasteiger partial charge on any atom is -0.312 e. The Morgan fingerprint density at radius 1 is 1.26 bits per heavy atom. The van der Waals surface area contributed by atoms with Crippen LogP contribution in [0.25, 0.3) is 0 Å². The van der Waals surface area contributed by atoms with Crippen molar-refractivity contribution in [3.63, 3.8) is 0 Å². The summed E-state index contributed by atoms with van der Waals surface area (Å²) in [7, 11) is 2.23. The van der Waals surface area contributed by atoms with E-state index in [0.717, 1.165) is 19.6 Å². The van der Waals surface area contributed by atoms with Crippen molar-refractivity contribution in [2.75, 3.05) is 39.8 Å². The Morgan fingerprint density at radius 3 is 2.89 bits per heavy atom. The molecule has 1 N–H and O–H groups in total. The highest BCUT2D eigenvalue weighted by Gasteiger charge is 2.14. The Labute approximate surface area is 121 Å². The molecule has 2 heterocycles. The molecule has 4 heteroatoms. The smallest absolute Gasteiger partial charge is 0.0299 e. The highest BCUT2D eigenvalue weighted by molar-refractivity contribution is 7.12. The van der Waals surface area contributed by atoms with E-state index >= 15 is 0 Å². The summed E-state index contributed by atoms with van der Waals surface area (Å²) >= 11 is 1.95. The number of hydrogen-bond acceptors (Lipinski definition) is 4. The third-order valence-electron chi connectivity index (χ3n) is 3.83. The van der Waals surface area contributed by atoms with Crippen molar-refractivity contribution in [3.8, 4) is 0 Å². The maximum Gasteiger partial charge on any atom is 0.0299 e.